The van der Waals surface area contributed by atoms with Gasteiger partial charge in [0.1, 0.15) is 17.2 Å². The number of alkyl halides is 9. The molecule has 0 aliphatic carbocycles. The lowest BCUT2D eigenvalue weighted by molar-refractivity contribution is -0.275. The van der Waals surface area contributed by atoms with E-state index >= 15 is 0 Å². The van der Waals surface area contributed by atoms with Gasteiger partial charge >= 0.3 is 19.1 Å². The Kier molecular flexibility index (Phi) is 25.5. The van der Waals surface area contributed by atoms with Crippen molar-refractivity contribution in [2.24, 2.45) is 5.73 Å². The number of ether oxygens (including phenoxy) is 3. The number of piperidine rings is 3. The Labute approximate surface area is 564 Å². The highest BCUT2D eigenvalue weighted by molar-refractivity contribution is 6.75. The van der Waals surface area contributed by atoms with Crippen LogP contribution in [0.5, 0.6) is 17.2 Å². The lowest BCUT2D eigenvalue weighted by Crippen LogP contribution is -2.33. The Balaban J connectivity index is 0.000000208. The third-order valence-corrected chi connectivity index (χ3v) is 17.7. The summed E-state index contributed by atoms with van der Waals surface area (Å²) in [6.07, 6.45) is -5.62. The van der Waals surface area contributed by atoms with Gasteiger partial charge in [0.2, 0.25) is 0 Å². The van der Waals surface area contributed by atoms with Gasteiger partial charge in [0.25, 0.3) is 0 Å². The van der Waals surface area contributed by atoms with Crippen molar-refractivity contribution in [2.75, 3.05) is 54.0 Å². The molecule has 5 heterocycles. The van der Waals surface area contributed by atoms with Crippen LogP contribution in [0.2, 0.25) is 5.02 Å². The maximum Gasteiger partial charge on any atom is 0.573 e. The number of Topliss-reactive ketones (excluding diaryl/α,β-unsaturated/α-hetero) is 1. The summed E-state index contributed by atoms with van der Waals surface area (Å²) in [4.78, 5) is 20.5. The number of benzene rings is 6. The largest absolute Gasteiger partial charge is 0.573 e. The molecule has 0 unspecified atom stereocenters. The molecule has 0 amide bonds. The number of nitrogens with zero attached hydrogens (tertiary/aromatic N) is 6. The number of pyridine rings is 1. The van der Waals surface area contributed by atoms with Crippen LogP contribution in [0.3, 0.4) is 0 Å². The summed E-state index contributed by atoms with van der Waals surface area (Å²) in [6.45, 7) is 15.4. The first-order valence-corrected chi connectivity index (χ1v) is 31.7. The van der Waals surface area contributed by atoms with E-state index in [1.54, 1.807) is 71.4 Å². The fraction of sp³-hybridized carbons (Fsp3) is 0.384. The van der Waals surface area contributed by atoms with Crippen LogP contribution in [0.15, 0.2) is 164 Å². The molecule has 2 aromatic heterocycles. The number of aromatic nitrogens is 2. The van der Waals surface area contributed by atoms with Crippen LogP contribution in [0.4, 0.5) is 56.6 Å². The van der Waals surface area contributed by atoms with Crippen LogP contribution in [-0.4, -0.2) is 89.2 Å². The van der Waals surface area contributed by atoms with Gasteiger partial charge in [-0.2, -0.15) is 10.4 Å². The van der Waals surface area contributed by atoms with Gasteiger partial charge in [-0.1, -0.05) is 100 Å². The van der Waals surface area contributed by atoms with E-state index in [1.165, 1.54) is 42.1 Å². The van der Waals surface area contributed by atoms with Crippen LogP contribution in [0.1, 0.15) is 154 Å². The summed E-state index contributed by atoms with van der Waals surface area (Å²) >= 11 is 6.22. The molecule has 0 bridgehead atoms. The zero-order valence-corrected chi connectivity index (χ0v) is 54.3. The van der Waals surface area contributed by atoms with Crippen LogP contribution >= 0.6 is 11.6 Å². The number of aryl methyl sites for hydroxylation is 1. The van der Waals surface area contributed by atoms with Gasteiger partial charge in [-0.05, 0) is 207 Å². The maximum absolute atomic E-state index is 13.6. The molecular formula is C73H79B2ClF9N7O4. The van der Waals surface area contributed by atoms with Gasteiger partial charge in [-0.25, -0.2) is 4.52 Å². The van der Waals surface area contributed by atoms with Crippen molar-refractivity contribution in [2.45, 2.75) is 141 Å². The molecule has 0 atom stereocenters. The number of nitrogens with two attached hydrogens (primary N) is 1. The third-order valence-electron chi connectivity index (χ3n) is 17.5. The van der Waals surface area contributed by atoms with E-state index in [-0.39, 0.29) is 41.4 Å². The number of ketones is 1. The van der Waals surface area contributed by atoms with Crippen LogP contribution in [0, 0.1) is 11.3 Å². The molecular weight excluding hydrogens is 1270 g/mol. The second-order valence-electron chi connectivity index (χ2n) is 24.9. The summed E-state index contributed by atoms with van der Waals surface area (Å²) in [5, 5.41) is 14.0. The highest BCUT2D eigenvalue weighted by Gasteiger charge is 2.35. The zero-order chi connectivity index (χ0) is 68.9. The average Bonchev–Trinajstić information content (AvgIpc) is 1.58. The second kappa shape index (κ2) is 32.6. The lowest BCUT2D eigenvalue weighted by Gasteiger charge is -2.34. The molecule has 23 heteroatoms. The predicted molar refractivity (Wildman–Crippen MR) is 363 cm³/mol. The first-order chi connectivity index (χ1) is 45.0. The molecule has 3 saturated heterocycles. The molecule has 96 heavy (non-hydrogen) atoms. The summed E-state index contributed by atoms with van der Waals surface area (Å²) in [6, 6.07) is 48.6. The van der Waals surface area contributed by atoms with Crippen molar-refractivity contribution in [3.05, 3.63) is 214 Å². The number of halogens is 10. The van der Waals surface area contributed by atoms with Crippen LogP contribution in [0.25, 0.3) is 5.52 Å². The smallest absolute Gasteiger partial charge is 0.406 e. The molecule has 3 fully saturated rings. The number of rotatable bonds is 15. The van der Waals surface area contributed by atoms with Crippen LogP contribution in [-0.2, 0) is 17.4 Å². The number of anilines is 3. The van der Waals surface area contributed by atoms with Gasteiger partial charge in [0, 0.05) is 95.0 Å². The molecule has 3 aliphatic heterocycles. The molecule has 8 aromatic rings. The van der Waals surface area contributed by atoms with Crippen molar-refractivity contribution in [3.63, 3.8) is 0 Å². The summed E-state index contributed by atoms with van der Waals surface area (Å²) in [5.41, 5.74) is 16.9. The third kappa shape index (κ3) is 21.1. The summed E-state index contributed by atoms with van der Waals surface area (Å²) in [7, 11) is 8.00. The minimum absolute atomic E-state index is 0. The van der Waals surface area contributed by atoms with Crippen molar-refractivity contribution < 1.29 is 58.5 Å². The summed E-state index contributed by atoms with van der Waals surface area (Å²) < 4.78 is 124. The molecule has 4 radical (unpaired) electrons. The van der Waals surface area contributed by atoms with Crippen molar-refractivity contribution in [1.29, 1.82) is 5.26 Å². The summed E-state index contributed by atoms with van der Waals surface area (Å²) in [5.74, 6) is 0.458. The SMILES string of the molecule is C.CC(C)(N)c1ccc(N2CCC(c3ccc(OC(F)(F)F)cc3)CC2)cc1.CCc1nn2ccc(Cl)cc2c1C(=O)CC(C)(C)c1ccc(N2CCC(c3ccc(OC(F)(F)F)cc3)CC2)cc1.N#Cc1ccc(N2CCC(c3ccc(OC(F)(F)F)cc3)CC2)cc1.[B][B]. The number of fused-ring (bicyclic) bond motifs is 1. The van der Waals surface area contributed by atoms with E-state index in [0.717, 1.165) is 128 Å². The molecule has 11 rings (SSSR count). The maximum atomic E-state index is 13.6. The van der Waals surface area contributed by atoms with Crippen molar-refractivity contribution >= 4 is 55.4 Å². The van der Waals surface area contributed by atoms with Crippen LogP contribution < -0.4 is 34.6 Å². The Hall–Kier alpha value is -8.28. The Morgan fingerprint density at radius 2 is 0.885 bits per heavy atom. The molecule has 3 aliphatic rings. The molecule has 0 spiro atoms. The van der Waals surface area contributed by atoms with E-state index in [4.69, 9.17) is 22.6 Å². The molecule has 0 saturated carbocycles. The lowest BCUT2D eigenvalue weighted by atomic mass is 9.79. The van der Waals surface area contributed by atoms with E-state index in [1.807, 2.05) is 32.9 Å². The first-order valence-electron chi connectivity index (χ1n) is 31.3. The van der Waals surface area contributed by atoms with E-state index in [0.29, 0.717) is 46.7 Å². The minimum atomic E-state index is -4.68. The van der Waals surface area contributed by atoms with E-state index < -0.39 is 19.1 Å². The Morgan fingerprint density at radius 3 is 1.20 bits per heavy atom. The van der Waals surface area contributed by atoms with Crippen molar-refractivity contribution in [1.82, 2.24) is 9.61 Å². The molecule has 11 nitrogen and oxygen atoms in total. The van der Waals surface area contributed by atoms with Gasteiger partial charge in [0.05, 0.1) is 28.4 Å². The monoisotopic (exact) mass is 1350 g/mol. The first kappa shape index (κ1) is 75.1. The second-order valence-corrected chi connectivity index (χ2v) is 25.4. The average molecular weight is 1350 g/mol. The van der Waals surface area contributed by atoms with Gasteiger partial charge < -0.3 is 34.6 Å². The fourth-order valence-corrected chi connectivity index (χ4v) is 12.6. The van der Waals surface area contributed by atoms with Gasteiger partial charge in [-0.15, -0.1) is 39.5 Å². The quantitative estimate of drug-likeness (QED) is 0.0603. The minimum Gasteiger partial charge on any atom is -0.406 e. The number of hydrogen-bond acceptors (Lipinski definition) is 10. The van der Waals surface area contributed by atoms with E-state index in [2.05, 4.69) is 118 Å². The van der Waals surface area contributed by atoms with Gasteiger partial charge in [-0.3, -0.25) is 4.79 Å². The normalized spacial score (nSPS) is 15.1. The zero-order valence-electron chi connectivity index (χ0n) is 53.5. The van der Waals surface area contributed by atoms with Gasteiger partial charge in [0.15, 0.2) is 5.78 Å². The molecule has 2 N–H and O–H groups in total. The standard InChI is InChI=1S/C32H33ClF3N3O2.C21H25F3N2O.C19H17F3N2O.CH4.B2/c1-4-27-30(28-19-24(33)15-18-39(28)37-27)29(40)20-31(2,3)23-7-9-25(10-8-23)38-16-13-22(14-17-38)21-5-11-26(12-6-21)41-32(34,35)36;1-20(2,25)17-5-7-18(8-6-17)26-13-11-16(12-14-26)15-3-9-19(10-4-15)27-21(22,23)24;20-19(21,22)25-18-7-3-15(4-8-18)16-9-11-24(12-10-16)17-5-1-14(13-23)2-6-17;;1-2/h5-12,15,18-19,22H,4,13-14,16-17,20H2,1-3H3;3-10,16H,11-14,25H2,1-2H3;1-8,16H,9-12H2;1H4;. The van der Waals surface area contributed by atoms with Crippen molar-refractivity contribution in [3.8, 4) is 23.3 Å². The molecule has 506 valence electrons. The number of hydrogen-bond donors (Lipinski definition) is 1. The Bertz CT molecular complexity index is 3780. The number of carbonyl (C=O) groups excluding carboxylic acids is 1. The Morgan fingerprint density at radius 1 is 0.552 bits per heavy atom. The fourth-order valence-electron chi connectivity index (χ4n) is 12.4. The van der Waals surface area contributed by atoms with E-state index in [9.17, 15) is 44.3 Å². The highest BCUT2D eigenvalue weighted by atomic mass is 35.5. The molecule has 6 aromatic carbocycles. The number of carbonyl (C=O) groups is 1. The highest BCUT2D eigenvalue weighted by Crippen LogP contribution is 2.38. The number of nitriles is 1. The predicted octanol–water partition coefficient (Wildman–Crippen LogP) is 18.3. The topological polar surface area (TPSA) is 122 Å².